The molecule has 5 rings (SSSR count). The van der Waals surface area contributed by atoms with Crippen LogP contribution in [0.15, 0.2) is 73.2 Å². The highest BCUT2D eigenvalue weighted by Gasteiger charge is 2.18. The standard InChI is InChI=1S/C27H26N6O2S/c1-17-9-10-18(30-26(34)35-24-12-11-22(36-24)27(2,3)4)15-20(17)32-25-31-19-7-5-6-8-21(19)33(25)23-13-14-28-16-29-23/h5-16H,1-4H3,(H,30,34)(H,31,32). The zero-order valence-electron chi connectivity index (χ0n) is 20.4. The van der Waals surface area contributed by atoms with Crippen molar-refractivity contribution in [3.8, 4) is 10.9 Å². The Morgan fingerprint density at radius 1 is 1.06 bits per heavy atom. The number of hydrogen-bond acceptors (Lipinski definition) is 7. The van der Waals surface area contributed by atoms with E-state index in [1.54, 1.807) is 6.20 Å². The van der Waals surface area contributed by atoms with Crippen LogP contribution in [0.5, 0.6) is 5.06 Å². The van der Waals surface area contributed by atoms with Gasteiger partial charge in [-0.15, -0.1) is 11.3 Å². The summed E-state index contributed by atoms with van der Waals surface area (Å²) in [6.45, 7) is 8.37. The van der Waals surface area contributed by atoms with Crippen molar-refractivity contribution in [2.45, 2.75) is 33.1 Å². The van der Waals surface area contributed by atoms with Gasteiger partial charge in [0.1, 0.15) is 12.1 Å². The molecule has 3 aromatic heterocycles. The molecule has 0 saturated heterocycles. The van der Waals surface area contributed by atoms with Crippen LogP contribution in [0.25, 0.3) is 16.9 Å². The van der Waals surface area contributed by atoms with Crippen molar-refractivity contribution < 1.29 is 9.53 Å². The molecular weight excluding hydrogens is 472 g/mol. The second-order valence-electron chi connectivity index (χ2n) is 9.37. The fraction of sp³-hybridized carbons (Fsp3) is 0.185. The van der Waals surface area contributed by atoms with E-state index in [1.807, 2.05) is 72.2 Å². The number of nitrogens with one attached hydrogen (secondary N) is 2. The topological polar surface area (TPSA) is 94.0 Å². The molecule has 0 radical (unpaired) electrons. The van der Waals surface area contributed by atoms with Gasteiger partial charge in [0.05, 0.1) is 11.0 Å². The van der Waals surface area contributed by atoms with E-state index in [0.717, 1.165) is 27.2 Å². The number of thiophene rings is 1. The average molecular weight is 499 g/mol. The van der Waals surface area contributed by atoms with Gasteiger partial charge in [0.25, 0.3) is 0 Å². The number of benzene rings is 2. The molecule has 2 N–H and O–H groups in total. The lowest BCUT2D eigenvalue weighted by atomic mass is 9.95. The number of fused-ring (bicyclic) bond motifs is 1. The first-order valence-corrected chi connectivity index (χ1v) is 12.3. The third kappa shape index (κ3) is 4.92. The SMILES string of the molecule is Cc1ccc(NC(=O)Oc2ccc(C(C)(C)C)s2)cc1Nc1nc2ccccc2n1-c1ccncn1. The second kappa shape index (κ2) is 9.43. The van der Waals surface area contributed by atoms with Crippen molar-refractivity contribution in [3.05, 3.63) is 83.6 Å². The van der Waals surface area contributed by atoms with E-state index in [1.165, 1.54) is 17.7 Å². The molecule has 36 heavy (non-hydrogen) atoms. The summed E-state index contributed by atoms with van der Waals surface area (Å²) in [7, 11) is 0. The summed E-state index contributed by atoms with van der Waals surface area (Å²) in [6, 6.07) is 19.1. The minimum Gasteiger partial charge on any atom is -0.399 e. The number of carbonyl (C=O) groups is 1. The van der Waals surface area contributed by atoms with Crippen molar-refractivity contribution >= 4 is 45.8 Å². The Kier molecular flexibility index (Phi) is 6.15. The summed E-state index contributed by atoms with van der Waals surface area (Å²) in [5, 5.41) is 6.79. The van der Waals surface area contributed by atoms with Gasteiger partial charge in [0, 0.05) is 22.4 Å². The lowest BCUT2D eigenvalue weighted by Crippen LogP contribution is -2.16. The van der Waals surface area contributed by atoms with Gasteiger partial charge in [-0.3, -0.25) is 9.88 Å². The van der Waals surface area contributed by atoms with Gasteiger partial charge in [-0.1, -0.05) is 39.0 Å². The smallest absolute Gasteiger partial charge is 0.399 e. The molecule has 182 valence electrons. The summed E-state index contributed by atoms with van der Waals surface area (Å²) in [4.78, 5) is 26.9. The van der Waals surface area contributed by atoms with Crippen LogP contribution in [0.3, 0.4) is 0 Å². The Morgan fingerprint density at radius 2 is 1.89 bits per heavy atom. The van der Waals surface area contributed by atoms with Crippen LogP contribution in [-0.4, -0.2) is 25.6 Å². The number of para-hydroxylation sites is 2. The molecule has 0 saturated carbocycles. The molecule has 0 aliphatic carbocycles. The van der Waals surface area contributed by atoms with Gasteiger partial charge in [0.2, 0.25) is 5.95 Å². The minimum atomic E-state index is -0.541. The Bertz CT molecular complexity index is 1540. The Labute approximate surface area is 213 Å². The third-order valence-electron chi connectivity index (χ3n) is 5.60. The van der Waals surface area contributed by atoms with Crippen molar-refractivity contribution in [1.82, 2.24) is 19.5 Å². The molecule has 1 amide bonds. The molecule has 3 heterocycles. The van der Waals surface area contributed by atoms with Crippen LogP contribution in [0.1, 0.15) is 31.2 Å². The highest BCUT2D eigenvalue weighted by molar-refractivity contribution is 7.14. The van der Waals surface area contributed by atoms with Gasteiger partial charge in [0.15, 0.2) is 5.06 Å². The van der Waals surface area contributed by atoms with Crippen molar-refractivity contribution in [1.29, 1.82) is 0 Å². The fourth-order valence-electron chi connectivity index (χ4n) is 3.73. The van der Waals surface area contributed by atoms with E-state index in [0.29, 0.717) is 22.5 Å². The van der Waals surface area contributed by atoms with Gasteiger partial charge in [-0.2, -0.15) is 0 Å². The number of carbonyl (C=O) groups excluding carboxylic acids is 1. The molecule has 5 aromatic rings. The van der Waals surface area contributed by atoms with Gasteiger partial charge >= 0.3 is 6.09 Å². The van der Waals surface area contributed by atoms with Crippen molar-refractivity contribution in [3.63, 3.8) is 0 Å². The first-order valence-electron chi connectivity index (χ1n) is 11.5. The summed E-state index contributed by atoms with van der Waals surface area (Å²) in [5.74, 6) is 1.30. The number of rotatable bonds is 5. The molecule has 2 aromatic carbocycles. The predicted octanol–water partition coefficient (Wildman–Crippen LogP) is 6.84. The molecular formula is C27H26N6O2S. The van der Waals surface area contributed by atoms with Crippen molar-refractivity contribution in [2.24, 2.45) is 0 Å². The Morgan fingerprint density at radius 3 is 2.64 bits per heavy atom. The number of ether oxygens (including phenoxy) is 1. The van der Waals surface area contributed by atoms with Crippen LogP contribution in [0, 0.1) is 6.92 Å². The van der Waals surface area contributed by atoms with Crippen LogP contribution < -0.4 is 15.4 Å². The number of hydrogen-bond donors (Lipinski definition) is 2. The Hall–Kier alpha value is -4.24. The van der Waals surface area contributed by atoms with Gasteiger partial charge in [-0.05, 0) is 60.4 Å². The minimum absolute atomic E-state index is 0.00254. The number of aryl methyl sites for hydroxylation is 1. The summed E-state index contributed by atoms with van der Waals surface area (Å²) >= 11 is 1.47. The summed E-state index contributed by atoms with van der Waals surface area (Å²) < 4.78 is 7.46. The van der Waals surface area contributed by atoms with Crippen LogP contribution in [0.4, 0.5) is 22.1 Å². The van der Waals surface area contributed by atoms with E-state index in [-0.39, 0.29) is 5.41 Å². The molecule has 0 spiro atoms. The highest BCUT2D eigenvalue weighted by Crippen LogP contribution is 2.34. The third-order valence-corrected chi connectivity index (χ3v) is 6.99. The molecule has 0 aliphatic heterocycles. The molecule has 0 aliphatic rings. The summed E-state index contributed by atoms with van der Waals surface area (Å²) in [6.07, 6.45) is 2.66. The molecule has 0 bridgehead atoms. The molecule has 9 heteroatoms. The zero-order chi connectivity index (χ0) is 25.3. The van der Waals surface area contributed by atoms with E-state index < -0.39 is 6.09 Å². The maximum Gasteiger partial charge on any atom is 0.417 e. The first-order chi connectivity index (χ1) is 17.3. The van der Waals surface area contributed by atoms with Crippen LogP contribution >= 0.6 is 11.3 Å². The van der Waals surface area contributed by atoms with Crippen molar-refractivity contribution in [2.75, 3.05) is 10.6 Å². The average Bonchev–Trinajstić information content (AvgIpc) is 3.46. The Balaban J connectivity index is 1.39. The molecule has 0 fully saturated rings. The van der Waals surface area contributed by atoms with E-state index in [4.69, 9.17) is 9.72 Å². The monoisotopic (exact) mass is 498 g/mol. The number of aromatic nitrogens is 4. The van der Waals surface area contributed by atoms with E-state index in [2.05, 4.69) is 41.4 Å². The number of amides is 1. The van der Waals surface area contributed by atoms with E-state index >= 15 is 0 Å². The molecule has 8 nitrogen and oxygen atoms in total. The quantitative estimate of drug-likeness (QED) is 0.276. The van der Waals surface area contributed by atoms with Crippen LogP contribution in [-0.2, 0) is 5.41 Å². The van der Waals surface area contributed by atoms with Crippen LogP contribution in [0.2, 0.25) is 0 Å². The highest BCUT2D eigenvalue weighted by atomic mass is 32.1. The lowest BCUT2D eigenvalue weighted by Gasteiger charge is -2.15. The predicted molar refractivity (Wildman–Crippen MR) is 144 cm³/mol. The second-order valence-corrected chi connectivity index (χ2v) is 10.4. The van der Waals surface area contributed by atoms with Gasteiger partial charge < -0.3 is 10.1 Å². The number of nitrogens with zero attached hydrogens (tertiary/aromatic N) is 4. The lowest BCUT2D eigenvalue weighted by molar-refractivity contribution is 0.216. The molecule has 0 unspecified atom stereocenters. The molecule has 0 atom stereocenters. The normalized spacial score (nSPS) is 11.4. The van der Waals surface area contributed by atoms with Gasteiger partial charge in [-0.25, -0.2) is 19.7 Å². The largest absolute Gasteiger partial charge is 0.417 e. The maximum atomic E-state index is 12.6. The van der Waals surface area contributed by atoms with E-state index in [9.17, 15) is 4.79 Å². The maximum absolute atomic E-state index is 12.6. The first kappa shape index (κ1) is 23.5. The number of anilines is 3. The zero-order valence-corrected chi connectivity index (χ0v) is 21.3. The fourth-order valence-corrected chi connectivity index (χ4v) is 4.64. The number of imidazole rings is 1. The summed E-state index contributed by atoms with van der Waals surface area (Å²) in [5.41, 5.74) is 4.14.